The van der Waals surface area contributed by atoms with Gasteiger partial charge in [-0.1, -0.05) is 51.8 Å². The van der Waals surface area contributed by atoms with E-state index in [9.17, 15) is 5.11 Å². The third-order valence-electron chi connectivity index (χ3n) is 4.83. The molecule has 7 heteroatoms. The SMILES string of the molecule is CC1C(c2ccc(Br)cc2)OCCN1CC(O)COCc1ccc(Cl)cc1.Cl. The summed E-state index contributed by atoms with van der Waals surface area (Å²) in [6, 6.07) is 16.0. The van der Waals surface area contributed by atoms with Crippen LogP contribution in [0.5, 0.6) is 0 Å². The van der Waals surface area contributed by atoms with Gasteiger partial charge in [0, 0.05) is 28.6 Å². The van der Waals surface area contributed by atoms with E-state index in [0.29, 0.717) is 31.4 Å². The zero-order chi connectivity index (χ0) is 19.2. The molecular weight excluding hydrogens is 465 g/mol. The quantitative estimate of drug-likeness (QED) is 0.601. The summed E-state index contributed by atoms with van der Waals surface area (Å²) in [4.78, 5) is 2.27. The number of morpholine rings is 1. The molecule has 1 saturated heterocycles. The first-order valence-corrected chi connectivity index (χ1v) is 10.3. The second-order valence-corrected chi connectivity index (χ2v) is 8.23. The highest BCUT2D eigenvalue weighted by Gasteiger charge is 2.31. The van der Waals surface area contributed by atoms with Gasteiger partial charge in [-0.2, -0.15) is 0 Å². The lowest BCUT2D eigenvalue weighted by Gasteiger charge is -2.40. The zero-order valence-electron chi connectivity index (χ0n) is 15.8. The maximum Gasteiger partial charge on any atom is 0.0977 e. The van der Waals surface area contributed by atoms with Gasteiger partial charge in [-0.05, 0) is 42.3 Å². The lowest BCUT2D eigenvalue weighted by Crippen LogP contribution is -2.49. The molecule has 2 aromatic carbocycles. The Bertz CT molecular complexity index is 715. The molecule has 0 spiro atoms. The van der Waals surface area contributed by atoms with Crippen molar-refractivity contribution in [1.29, 1.82) is 0 Å². The summed E-state index contributed by atoms with van der Waals surface area (Å²) in [5.41, 5.74) is 2.20. The third kappa shape index (κ3) is 6.70. The number of nitrogens with zero attached hydrogens (tertiary/aromatic N) is 1. The van der Waals surface area contributed by atoms with Gasteiger partial charge in [0.1, 0.15) is 0 Å². The van der Waals surface area contributed by atoms with Gasteiger partial charge in [-0.15, -0.1) is 12.4 Å². The molecule has 3 unspecified atom stereocenters. The molecule has 3 atom stereocenters. The molecule has 1 aliphatic heterocycles. The summed E-state index contributed by atoms with van der Waals surface area (Å²) in [6.45, 7) is 4.95. The molecule has 1 N–H and O–H groups in total. The molecular formula is C21H26BrCl2NO3. The van der Waals surface area contributed by atoms with Crippen molar-refractivity contribution in [2.45, 2.75) is 31.8 Å². The number of aliphatic hydroxyl groups is 1. The normalized spacial score (nSPS) is 21.1. The first-order valence-electron chi connectivity index (χ1n) is 9.14. The molecule has 1 heterocycles. The standard InChI is InChI=1S/C21H25BrClNO3.ClH/c1-15-21(17-4-6-18(22)7-5-17)27-11-10-24(15)12-20(25)14-26-13-16-2-8-19(23)9-3-16;/h2-9,15,20-21,25H,10-14H2,1H3;1H. The molecule has 0 radical (unpaired) electrons. The lowest BCUT2D eigenvalue weighted by atomic mass is 10.0. The number of rotatable bonds is 7. The van der Waals surface area contributed by atoms with E-state index in [1.807, 2.05) is 36.4 Å². The minimum absolute atomic E-state index is 0. The fourth-order valence-corrected chi connectivity index (χ4v) is 3.72. The van der Waals surface area contributed by atoms with Crippen molar-refractivity contribution in [3.8, 4) is 0 Å². The van der Waals surface area contributed by atoms with Gasteiger partial charge in [-0.25, -0.2) is 0 Å². The molecule has 1 aliphatic rings. The summed E-state index contributed by atoms with van der Waals surface area (Å²) < 4.78 is 12.7. The molecule has 0 bridgehead atoms. The Morgan fingerprint density at radius 3 is 2.57 bits per heavy atom. The zero-order valence-corrected chi connectivity index (χ0v) is 18.9. The highest BCUT2D eigenvalue weighted by atomic mass is 79.9. The van der Waals surface area contributed by atoms with Crippen molar-refractivity contribution in [2.75, 3.05) is 26.3 Å². The molecule has 1 fully saturated rings. The fraction of sp³-hybridized carbons (Fsp3) is 0.429. The molecule has 0 aromatic heterocycles. The molecule has 4 nitrogen and oxygen atoms in total. The van der Waals surface area contributed by atoms with E-state index in [1.54, 1.807) is 0 Å². The highest BCUT2D eigenvalue weighted by Crippen LogP contribution is 2.29. The van der Waals surface area contributed by atoms with E-state index in [-0.39, 0.29) is 24.6 Å². The van der Waals surface area contributed by atoms with Crippen LogP contribution in [0, 0.1) is 0 Å². The van der Waals surface area contributed by atoms with Gasteiger partial charge in [0.2, 0.25) is 0 Å². The Labute approximate surface area is 186 Å². The summed E-state index contributed by atoms with van der Waals surface area (Å²) in [6.07, 6.45) is -0.530. The molecule has 2 aromatic rings. The molecule has 0 aliphatic carbocycles. The number of aliphatic hydroxyl groups excluding tert-OH is 1. The Kier molecular flexibility index (Phi) is 9.71. The Balaban J connectivity index is 0.00000280. The number of hydrogen-bond acceptors (Lipinski definition) is 4. The van der Waals surface area contributed by atoms with Gasteiger partial charge in [0.25, 0.3) is 0 Å². The van der Waals surface area contributed by atoms with E-state index in [1.165, 1.54) is 0 Å². The van der Waals surface area contributed by atoms with E-state index in [4.69, 9.17) is 21.1 Å². The average Bonchev–Trinajstić information content (AvgIpc) is 2.66. The number of hydrogen-bond donors (Lipinski definition) is 1. The Morgan fingerprint density at radius 1 is 1.21 bits per heavy atom. The van der Waals surface area contributed by atoms with Crippen LogP contribution in [0.4, 0.5) is 0 Å². The van der Waals surface area contributed by atoms with Gasteiger partial charge in [-0.3, -0.25) is 4.90 Å². The molecule has 0 saturated carbocycles. The Hall–Kier alpha value is -0.660. The fourth-order valence-electron chi connectivity index (χ4n) is 3.33. The van der Waals surface area contributed by atoms with E-state index >= 15 is 0 Å². The average molecular weight is 491 g/mol. The third-order valence-corrected chi connectivity index (χ3v) is 5.61. The second kappa shape index (κ2) is 11.5. The minimum Gasteiger partial charge on any atom is -0.389 e. The number of ether oxygens (including phenoxy) is 2. The summed E-state index contributed by atoms with van der Waals surface area (Å²) in [5, 5.41) is 11.1. The predicted octanol–water partition coefficient (Wildman–Crippen LogP) is 4.86. The van der Waals surface area contributed by atoms with Crippen LogP contribution in [-0.2, 0) is 16.1 Å². The van der Waals surface area contributed by atoms with Crippen molar-refractivity contribution < 1.29 is 14.6 Å². The van der Waals surface area contributed by atoms with Crippen molar-refractivity contribution in [3.05, 3.63) is 69.2 Å². The summed E-state index contributed by atoms with van der Waals surface area (Å²) in [7, 11) is 0. The molecule has 28 heavy (non-hydrogen) atoms. The second-order valence-electron chi connectivity index (χ2n) is 6.87. The van der Waals surface area contributed by atoms with Gasteiger partial charge in [0.15, 0.2) is 0 Å². The van der Waals surface area contributed by atoms with Crippen molar-refractivity contribution in [2.24, 2.45) is 0 Å². The summed E-state index contributed by atoms with van der Waals surface area (Å²) in [5.74, 6) is 0. The maximum atomic E-state index is 10.4. The topological polar surface area (TPSA) is 41.9 Å². The van der Waals surface area contributed by atoms with Gasteiger partial charge in [0.05, 0.1) is 32.0 Å². The lowest BCUT2D eigenvalue weighted by molar-refractivity contribution is -0.0851. The van der Waals surface area contributed by atoms with Crippen molar-refractivity contribution >= 4 is 39.9 Å². The van der Waals surface area contributed by atoms with Crippen LogP contribution >= 0.6 is 39.9 Å². The maximum absolute atomic E-state index is 10.4. The largest absolute Gasteiger partial charge is 0.389 e. The van der Waals surface area contributed by atoms with E-state index < -0.39 is 6.10 Å². The Morgan fingerprint density at radius 2 is 1.89 bits per heavy atom. The van der Waals surface area contributed by atoms with Crippen molar-refractivity contribution in [3.63, 3.8) is 0 Å². The van der Waals surface area contributed by atoms with Crippen LogP contribution in [0.3, 0.4) is 0 Å². The minimum atomic E-state index is -0.539. The first-order chi connectivity index (χ1) is 13.0. The van der Waals surface area contributed by atoms with E-state index in [0.717, 1.165) is 22.1 Å². The van der Waals surface area contributed by atoms with Crippen LogP contribution in [0.2, 0.25) is 5.02 Å². The molecule has 0 amide bonds. The van der Waals surface area contributed by atoms with Crippen LogP contribution < -0.4 is 0 Å². The van der Waals surface area contributed by atoms with Gasteiger partial charge < -0.3 is 14.6 Å². The number of benzene rings is 2. The van der Waals surface area contributed by atoms with Crippen LogP contribution in [0.1, 0.15) is 24.2 Å². The van der Waals surface area contributed by atoms with Crippen LogP contribution in [-0.4, -0.2) is 48.5 Å². The number of halogens is 3. The number of β-amino-alcohol motifs (C(OH)–C–C–N with tert-alkyl or cyclic N) is 1. The van der Waals surface area contributed by atoms with Crippen LogP contribution in [0.15, 0.2) is 53.0 Å². The van der Waals surface area contributed by atoms with Crippen molar-refractivity contribution in [1.82, 2.24) is 4.90 Å². The summed E-state index contributed by atoms with van der Waals surface area (Å²) >= 11 is 9.35. The highest BCUT2D eigenvalue weighted by molar-refractivity contribution is 9.10. The first kappa shape index (κ1) is 23.6. The van der Waals surface area contributed by atoms with Crippen LogP contribution in [0.25, 0.3) is 0 Å². The molecule has 154 valence electrons. The molecule has 3 rings (SSSR count). The van der Waals surface area contributed by atoms with E-state index in [2.05, 4.69) is 39.9 Å². The monoisotopic (exact) mass is 489 g/mol. The van der Waals surface area contributed by atoms with Gasteiger partial charge >= 0.3 is 0 Å². The predicted molar refractivity (Wildman–Crippen MR) is 118 cm³/mol. The smallest absolute Gasteiger partial charge is 0.0977 e.